The lowest BCUT2D eigenvalue weighted by Gasteiger charge is -2.33. The van der Waals surface area contributed by atoms with Crippen molar-refractivity contribution < 1.29 is 18.0 Å². The second kappa shape index (κ2) is 7.95. The number of nitrogens with zero attached hydrogens (tertiary/aromatic N) is 2. The molecule has 0 radical (unpaired) electrons. The molecule has 5 nitrogen and oxygen atoms in total. The van der Waals surface area contributed by atoms with Gasteiger partial charge in [-0.3, -0.25) is 10.2 Å². The van der Waals surface area contributed by atoms with Crippen LogP contribution in [0.3, 0.4) is 0 Å². The van der Waals surface area contributed by atoms with Crippen LogP contribution in [0, 0.1) is 16.7 Å². The lowest BCUT2D eigenvalue weighted by Crippen LogP contribution is -2.42. The number of benzene rings is 2. The van der Waals surface area contributed by atoms with Crippen LogP contribution in [0.15, 0.2) is 42.5 Å². The third-order valence-electron chi connectivity index (χ3n) is 5.15. The molecule has 29 heavy (non-hydrogen) atoms. The summed E-state index contributed by atoms with van der Waals surface area (Å²) in [7, 11) is 0. The maximum atomic E-state index is 13.3. The molecular weight excluding hydrogens is 381 g/mol. The number of rotatable bonds is 3. The SMILES string of the molecule is N#Cc1ccc(N)c(C(=N)C(=O)N2CCC(c3ccccc3C(F)(F)F)CC2)c1. The van der Waals surface area contributed by atoms with E-state index in [4.69, 9.17) is 16.4 Å². The number of hydrogen-bond donors (Lipinski definition) is 2. The van der Waals surface area contributed by atoms with E-state index in [-0.39, 0.29) is 47.1 Å². The smallest absolute Gasteiger partial charge is 0.398 e. The van der Waals surface area contributed by atoms with Gasteiger partial charge in [0.2, 0.25) is 0 Å². The maximum absolute atomic E-state index is 13.3. The standard InChI is InChI=1S/C21H19F3N4O/c22-21(23,24)17-4-2-1-3-15(17)14-7-9-28(10-8-14)20(29)19(27)16-11-13(12-25)5-6-18(16)26/h1-6,11,14,27H,7-10,26H2. The minimum atomic E-state index is -4.42. The first-order chi connectivity index (χ1) is 13.7. The van der Waals surface area contributed by atoms with Crippen LogP contribution in [0.4, 0.5) is 18.9 Å². The van der Waals surface area contributed by atoms with Crippen LogP contribution in [0.1, 0.15) is 41.0 Å². The Bertz CT molecular complexity index is 986. The first kappa shape index (κ1) is 20.4. The molecule has 0 atom stereocenters. The molecular formula is C21H19F3N4O. The molecule has 2 aromatic carbocycles. The van der Waals surface area contributed by atoms with Crippen LogP contribution in [0.5, 0.6) is 0 Å². The third kappa shape index (κ3) is 4.24. The minimum Gasteiger partial charge on any atom is -0.398 e. The topological polar surface area (TPSA) is 94.0 Å². The fraction of sp³-hybridized carbons (Fsp3) is 0.286. The Morgan fingerprint density at radius 2 is 1.83 bits per heavy atom. The monoisotopic (exact) mass is 400 g/mol. The van der Waals surface area contributed by atoms with E-state index in [9.17, 15) is 18.0 Å². The normalized spacial score (nSPS) is 15.0. The Hall–Kier alpha value is -3.34. The molecule has 1 heterocycles. The van der Waals surface area contributed by atoms with Crippen LogP contribution >= 0.6 is 0 Å². The van der Waals surface area contributed by atoms with E-state index in [1.807, 2.05) is 6.07 Å². The van der Waals surface area contributed by atoms with E-state index in [2.05, 4.69) is 0 Å². The molecule has 150 valence electrons. The molecule has 3 N–H and O–H groups in total. The molecule has 0 aromatic heterocycles. The molecule has 3 rings (SSSR count). The summed E-state index contributed by atoms with van der Waals surface area (Å²) >= 11 is 0. The zero-order chi connectivity index (χ0) is 21.2. The minimum absolute atomic E-state index is 0.179. The van der Waals surface area contributed by atoms with Crippen molar-refractivity contribution in [3.8, 4) is 6.07 Å². The highest BCUT2D eigenvalue weighted by molar-refractivity contribution is 6.45. The van der Waals surface area contributed by atoms with Crippen molar-refractivity contribution in [3.05, 3.63) is 64.7 Å². The highest BCUT2D eigenvalue weighted by Crippen LogP contribution is 2.38. The Labute approximate surface area is 166 Å². The van der Waals surface area contributed by atoms with Gasteiger partial charge in [0.1, 0.15) is 5.71 Å². The van der Waals surface area contributed by atoms with E-state index >= 15 is 0 Å². The molecule has 2 aromatic rings. The van der Waals surface area contributed by atoms with Gasteiger partial charge in [0, 0.05) is 24.3 Å². The van der Waals surface area contributed by atoms with Crippen LogP contribution < -0.4 is 5.73 Å². The van der Waals surface area contributed by atoms with Gasteiger partial charge in [-0.25, -0.2) is 0 Å². The Morgan fingerprint density at radius 3 is 2.45 bits per heavy atom. The molecule has 1 fully saturated rings. The first-order valence-electron chi connectivity index (χ1n) is 9.06. The summed E-state index contributed by atoms with van der Waals surface area (Å²) in [5, 5.41) is 17.2. The number of nitrogens with two attached hydrogens (primary N) is 1. The third-order valence-corrected chi connectivity index (χ3v) is 5.15. The van der Waals surface area contributed by atoms with Crippen molar-refractivity contribution in [1.82, 2.24) is 4.90 Å². The van der Waals surface area contributed by atoms with Gasteiger partial charge in [-0.05, 0) is 48.6 Å². The highest BCUT2D eigenvalue weighted by atomic mass is 19.4. The molecule has 1 aliphatic heterocycles. The molecule has 8 heteroatoms. The zero-order valence-electron chi connectivity index (χ0n) is 15.5. The van der Waals surface area contributed by atoms with Crippen LogP contribution in [-0.4, -0.2) is 29.6 Å². The van der Waals surface area contributed by atoms with Gasteiger partial charge in [0.25, 0.3) is 5.91 Å². The number of hydrogen-bond acceptors (Lipinski definition) is 4. The number of nitrogens with one attached hydrogen (secondary N) is 1. The summed E-state index contributed by atoms with van der Waals surface area (Å²) in [5.41, 5.74) is 5.80. The lowest BCUT2D eigenvalue weighted by molar-refractivity contribution is -0.138. The number of piperidine rings is 1. The van der Waals surface area contributed by atoms with Crippen LogP contribution in [0.2, 0.25) is 0 Å². The van der Waals surface area contributed by atoms with Gasteiger partial charge >= 0.3 is 6.18 Å². The van der Waals surface area contributed by atoms with Crippen molar-refractivity contribution in [2.24, 2.45) is 0 Å². The number of carbonyl (C=O) groups excluding carboxylic acids is 1. The molecule has 1 amide bonds. The summed E-state index contributed by atoms with van der Waals surface area (Å²) in [6.07, 6.45) is -3.67. The molecule has 1 aliphatic rings. The average molecular weight is 400 g/mol. The predicted molar refractivity (Wildman–Crippen MR) is 102 cm³/mol. The van der Waals surface area contributed by atoms with Gasteiger partial charge in [0.05, 0.1) is 17.2 Å². The van der Waals surface area contributed by atoms with E-state index in [0.717, 1.165) is 6.07 Å². The molecule has 0 aliphatic carbocycles. The van der Waals surface area contributed by atoms with Crippen molar-refractivity contribution in [1.29, 1.82) is 10.7 Å². The largest absolute Gasteiger partial charge is 0.416 e. The van der Waals surface area contributed by atoms with Gasteiger partial charge in [0.15, 0.2) is 0 Å². The van der Waals surface area contributed by atoms with E-state index in [1.165, 1.54) is 35.2 Å². The fourth-order valence-corrected chi connectivity index (χ4v) is 3.62. The van der Waals surface area contributed by atoms with Crippen molar-refractivity contribution in [2.45, 2.75) is 24.9 Å². The Morgan fingerprint density at radius 1 is 1.17 bits per heavy atom. The number of anilines is 1. The maximum Gasteiger partial charge on any atom is 0.416 e. The second-order valence-corrected chi connectivity index (χ2v) is 6.94. The fourth-order valence-electron chi connectivity index (χ4n) is 3.62. The Kier molecular flexibility index (Phi) is 5.59. The Balaban J connectivity index is 1.73. The summed E-state index contributed by atoms with van der Waals surface area (Å²) in [6.45, 7) is 0.492. The van der Waals surface area contributed by atoms with Gasteiger partial charge in [-0.1, -0.05) is 18.2 Å². The van der Waals surface area contributed by atoms with Gasteiger partial charge in [-0.2, -0.15) is 18.4 Å². The number of alkyl halides is 3. The van der Waals surface area contributed by atoms with Crippen molar-refractivity contribution in [3.63, 3.8) is 0 Å². The average Bonchev–Trinajstić information content (AvgIpc) is 2.72. The predicted octanol–water partition coefficient (Wildman–Crippen LogP) is 3.93. The van der Waals surface area contributed by atoms with Gasteiger partial charge in [-0.15, -0.1) is 0 Å². The lowest BCUT2D eigenvalue weighted by atomic mass is 9.86. The van der Waals surface area contributed by atoms with Crippen LogP contribution in [0.25, 0.3) is 0 Å². The molecule has 0 saturated carbocycles. The number of carbonyl (C=O) groups is 1. The van der Waals surface area contributed by atoms with Gasteiger partial charge < -0.3 is 10.6 Å². The van der Waals surface area contributed by atoms with Crippen LogP contribution in [-0.2, 0) is 11.0 Å². The van der Waals surface area contributed by atoms with E-state index < -0.39 is 17.6 Å². The second-order valence-electron chi connectivity index (χ2n) is 6.94. The molecule has 1 saturated heterocycles. The number of halogens is 3. The van der Waals surface area contributed by atoms with Crippen molar-refractivity contribution >= 4 is 17.3 Å². The summed E-state index contributed by atoms with van der Waals surface area (Å²) in [5.74, 6) is -0.854. The molecule has 0 unspecified atom stereocenters. The number of amides is 1. The molecule has 0 spiro atoms. The summed E-state index contributed by atoms with van der Waals surface area (Å²) in [6, 6.07) is 11.8. The zero-order valence-corrected chi connectivity index (χ0v) is 15.5. The number of nitrogen functional groups attached to an aromatic ring is 1. The number of likely N-dealkylation sites (tertiary alicyclic amines) is 1. The number of nitriles is 1. The quantitative estimate of drug-likeness (QED) is 0.604. The van der Waals surface area contributed by atoms with E-state index in [1.54, 1.807) is 6.07 Å². The summed E-state index contributed by atoms with van der Waals surface area (Å²) in [4.78, 5) is 14.2. The first-order valence-corrected chi connectivity index (χ1v) is 9.06. The summed E-state index contributed by atoms with van der Waals surface area (Å²) < 4.78 is 39.8. The van der Waals surface area contributed by atoms with Crippen molar-refractivity contribution in [2.75, 3.05) is 18.8 Å². The van der Waals surface area contributed by atoms with E-state index in [0.29, 0.717) is 12.8 Å². The molecule has 0 bridgehead atoms. The highest BCUT2D eigenvalue weighted by Gasteiger charge is 2.36.